The van der Waals surface area contributed by atoms with Gasteiger partial charge in [-0.3, -0.25) is 0 Å². The smallest absolute Gasteiger partial charge is 0.339 e. The molecule has 1 atom stereocenters. The first kappa shape index (κ1) is 20.7. The summed E-state index contributed by atoms with van der Waals surface area (Å²) in [6.45, 7) is 5.39. The zero-order valence-electron chi connectivity index (χ0n) is 16.5. The molecular formula is C21H21ClN2O5. The minimum atomic E-state index is -0.746. The fourth-order valence-electron chi connectivity index (χ4n) is 2.56. The van der Waals surface area contributed by atoms with E-state index in [-0.39, 0.29) is 22.6 Å². The summed E-state index contributed by atoms with van der Waals surface area (Å²) in [5.74, 6) is 0.653. The van der Waals surface area contributed by atoms with Gasteiger partial charge in [-0.05, 0) is 45.0 Å². The number of benzene rings is 2. The zero-order valence-corrected chi connectivity index (χ0v) is 17.3. The summed E-state index contributed by atoms with van der Waals surface area (Å²) in [7, 11) is 1.47. The Kier molecular flexibility index (Phi) is 6.39. The van der Waals surface area contributed by atoms with Crippen LogP contribution in [0.5, 0.6) is 11.5 Å². The van der Waals surface area contributed by atoms with E-state index in [0.29, 0.717) is 17.4 Å². The molecule has 0 spiro atoms. The number of hydrogen-bond donors (Lipinski definition) is 0. The predicted octanol–water partition coefficient (Wildman–Crippen LogP) is 5.10. The second kappa shape index (κ2) is 8.96. The van der Waals surface area contributed by atoms with Gasteiger partial charge in [0, 0.05) is 5.56 Å². The molecule has 8 heteroatoms. The van der Waals surface area contributed by atoms with Crippen LogP contribution in [0.2, 0.25) is 5.02 Å². The standard InChI is InChI=1S/C21H21ClN2O5/c1-12(2)27-18-16(22)10-15(11-17(18)26-4)21(25)28-13(3)19-23-24-20(29-19)14-8-6-5-7-9-14/h5-13H,1-4H3/t13-/m0/s1. The van der Waals surface area contributed by atoms with Gasteiger partial charge in [-0.1, -0.05) is 29.8 Å². The molecule has 0 radical (unpaired) electrons. The Balaban J connectivity index is 1.76. The van der Waals surface area contributed by atoms with Gasteiger partial charge in [0.15, 0.2) is 17.6 Å². The maximum atomic E-state index is 12.6. The van der Waals surface area contributed by atoms with Crippen molar-refractivity contribution in [1.29, 1.82) is 0 Å². The molecule has 3 aromatic rings. The number of carbonyl (C=O) groups excluding carboxylic acids is 1. The lowest BCUT2D eigenvalue weighted by molar-refractivity contribution is 0.0279. The van der Waals surface area contributed by atoms with E-state index in [1.54, 1.807) is 6.92 Å². The third-order valence-electron chi connectivity index (χ3n) is 3.91. The molecule has 29 heavy (non-hydrogen) atoms. The number of rotatable bonds is 7. The molecule has 3 rings (SSSR count). The number of methoxy groups -OCH3 is 1. The van der Waals surface area contributed by atoms with E-state index in [1.807, 2.05) is 44.2 Å². The van der Waals surface area contributed by atoms with Gasteiger partial charge in [0.25, 0.3) is 5.89 Å². The number of esters is 1. The van der Waals surface area contributed by atoms with Crippen LogP contribution in [0.3, 0.4) is 0 Å². The summed E-state index contributed by atoms with van der Waals surface area (Å²) in [6.07, 6.45) is -0.848. The fourth-order valence-corrected chi connectivity index (χ4v) is 2.82. The van der Waals surface area contributed by atoms with Crippen molar-refractivity contribution < 1.29 is 23.4 Å². The van der Waals surface area contributed by atoms with E-state index in [0.717, 1.165) is 5.56 Å². The van der Waals surface area contributed by atoms with Crippen LogP contribution in [-0.2, 0) is 4.74 Å². The van der Waals surface area contributed by atoms with Crippen LogP contribution in [0.25, 0.3) is 11.5 Å². The summed E-state index contributed by atoms with van der Waals surface area (Å²) >= 11 is 6.27. The number of carbonyl (C=O) groups is 1. The molecule has 0 aliphatic carbocycles. The lowest BCUT2D eigenvalue weighted by Crippen LogP contribution is -2.11. The molecule has 0 aliphatic rings. The highest BCUT2D eigenvalue weighted by Gasteiger charge is 2.22. The van der Waals surface area contributed by atoms with Gasteiger partial charge in [0.05, 0.1) is 23.8 Å². The van der Waals surface area contributed by atoms with Gasteiger partial charge in [-0.2, -0.15) is 0 Å². The first-order valence-corrected chi connectivity index (χ1v) is 9.40. The highest BCUT2D eigenvalue weighted by Crippen LogP contribution is 2.37. The molecule has 0 aliphatic heterocycles. The van der Waals surface area contributed by atoms with Crippen molar-refractivity contribution >= 4 is 17.6 Å². The number of nitrogens with zero attached hydrogens (tertiary/aromatic N) is 2. The van der Waals surface area contributed by atoms with Crippen LogP contribution in [-0.4, -0.2) is 29.4 Å². The van der Waals surface area contributed by atoms with Crippen molar-refractivity contribution in [1.82, 2.24) is 10.2 Å². The molecule has 152 valence electrons. The predicted molar refractivity (Wildman–Crippen MR) is 107 cm³/mol. The fraction of sp³-hybridized carbons (Fsp3) is 0.286. The van der Waals surface area contributed by atoms with E-state index in [1.165, 1.54) is 19.2 Å². The van der Waals surface area contributed by atoms with Crippen LogP contribution < -0.4 is 9.47 Å². The molecule has 0 bridgehead atoms. The third-order valence-corrected chi connectivity index (χ3v) is 4.19. The Labute approximate surface area is 173 Å². The average molecular weight is 417 g/mol. The second-order valence-electron chi connectivity index (χ2n) is 6.52. The van der Waals surface area contributed by atoms with Crippen LogP contribution in [0, 0.1) is 0 Å². The van der Waals surface area contributed by atoms with Crippen LogP contribution in [0.15, 0.2) is 46.9 Å². The van der Waals surface area contributed by atoms with Gasteiger partial charge in [-0.15, -0.1) is 10.2 Å². The molecule has 0 unspecified atom stereocenters. The Bertz CT molecular complexity index is 988. The molecular weight excluding hydrogens is 396 g/mol. The Morgan fingerprint density at radius 1 is 1.10 bits per heavy atom. The Morgan fingerprint density at radius 2 is 1.83 bits per heavy atom. The molecule has 7 nitrogen and oxygen atoms in total. The maximum Gasteiger partial charge on any atom is 0.339 e. The molecule has 0 amide bonds. The SMILES string of the molecule is COc1cc(C(=O)O[C@@H](C)c2nnc(-c3ccccc3)o2)cc(Cl)c1OC(C)C. The quantitative estimate of drug-likeness (QED) is 0.495. The van der Waals surface area contributed by atoms with E-state index in [4.69, 9.17) is 30.2 Å². The zero-order chi connectivity index (χ0) is 21.0. The monoisotopic (exact) mass is 416 g/mol. The Hall–Kier alpha value is -3.06. The molecule has 1 heterocycles. The summed E-state index contributed by atoms with van der Waals surface area (Å²) in [4.78, 5) is 12.6. The lowest BCUT2D eigenvalue weighted by atomic mass is 10.2. The lowest BCUT2D eigenvalue weighted by Gasteiger charge is -2.16. The third kappa shape index (κ3) is 4.86. The molecule has 1 aromatic heterocycles. The topological polar surface area (TPSA) is 83.7 Å². The largest absolute Gasteiger partial charge is 0.493 e. The van der Waals surface area contributed by atoms with Gasteiger partial charge in [-0.25, -0.2) is 4.79 Å². The van der Waals surface area contributed by atoms with Gasteiger partial charge < -0.3 is 18.6 Å². The van der Waals surface area contributed by atoms with E-state index < -0.39 is 12.1 Å². The second-order valence-corrected chi connectivity index (χ2v) is 6.92. The maximum absolute atomic E-state index is 12.6. The molecule has 2 aromatic carbocycles. The summed E-state index contributed by atoms with van der Waals surface area (Å²) in [5.41, 5.74) is 1.000. The molecule has 0 fully saturated rings. The Morgan fingerprint density at radius 3 is 2.48 bits per heavy atom. The minimum absolute atomic E-state index is 0.101. The average Bonchev–Trinajstić information content (AvgIpc) is 3.20. The van der Waals surface area contributed by atoms with Crippen molar-refractivity contribution in [3.8, 4) is 23.0 Å². The number of aromatic nitrogens is 2. The van der Waals surface area contributed by atoms with Crippen molar-refractivity contribution in [2.75, 3.05) is 7.11 Å². The summed E-state index contributed by atoms with van der Waals surface area (Å²) < 4.78 is 22.0. The van der Waals surface area contributed by atoms with E-state index in [9.17, 15) is 4.79 Å². The van der Waals surface area contributed by atoms with Crippen LogP contribution in [0.4, 0.5) is 0 Å². The van der Waals surface area contributed by atoms with Crippen molar-refractivity contribution in [2.24, 2.45) is 0 Å². The minimum Gasteiger partial charge on any atom is -0.493 e. The van der Waals surface area contributed by atoms with Crippen molar-refractivity contribution in [3.63, 3.8) is 0 Å². The normalized spacial score (nSPS) is 11.9. The highest BCUT2D eigenvalue weighted by molar-refractivity contribution is 6.32. The van der Waals surface area contributed by atoms with Crippen molar-refractivity contribution in [2.45, 2.75) is 33.0 Å². The van der Waals surface area contributed by atoms with Crippen LogP contribution >= 0.6 is 11.6 Å². The number of ether oxygens (including phenoxy) is 3. The first-order chi connectivity index (χ1) is 13.9. The van der Waals surface area contributed by atoms with Gasteiger partial charge >= 0.3 is 5.97 Å². The number of halogens is 1. The van der Waals surface area contributed by atoms with Gasteiger partial charge in [0.1, 0.15) is 0 Å². The van der Waals surface area contributed by atoms with E-state index >= 15 is 0 Å². The first-order valence-electron chi connectivity index (χ1n) is 9.03. The van der Waals surface area contributed by atoms with Crippen LogP contribution in [0.1, 0.15) is 43.1 Å². The van der Waals surface area contributed by atoms with E-state index in [2.05, 4.69) is 10.2 Å². The number of hydrogen-bond acceptors (Lipinski definition) is 7. The summed E-state index contributed by atoms with van der Waals surface area (Å²) in [5, 5.41) is 8.23. The molecule has 0 saturated carbocycles. The summed E-state index contributed by atoms with van der Waals surface area (Å²) in [6, 6.07) is 12.3. The van der Waals surface area contributed by atoms with Gasteiger partial charge in [0.2, 0.25) is 5.89 Å². The van der Waals surface area contributed by atoms with Crippen molar-refractivity contribution in [3.05, 3.63) is 58.9 Å². The highest BCUT2D eigenvalue weighted by atomic mass is 35.5. The molecule has 0 saturated heterocycles. The molecule has 0 N–H and O–H groups in total.